The number of rotatable bonds is 3. The molecule has 0 heterocycles. The molecule has 0 aliphatic heterocycles. The normalized spacial score (nSPS) is 16.1. The highest BCUT2D eigenvalue weighted by atomic mass is 35.6. The van der Waals surface area contributed by atoms with E-state index in [0.717, 1.165) is 0 Å². The quantitative estimate of drug-likeness (QED) is 0.434. The van der Waals surface area contributed by atoms with Crippen LogP contribution in [0.1, 0.15) is 13.8 Å². The van der Waals surface area contributed by atoms with Gasteiger partial charge in [-0.25, -0.2) is 0 Å². The zero-order valence-electron chi connectivity index (χ0n) is 7.39. The summed E-state index contributed by atoms with van der Waals surface area (Å²) in [6.07, 6.45) is 0.766. The van der Waals surface area contributed by atoms with E-state index in [0.29, 0.717) is 0 Å². The van der Waals surface area contributed by atoms with Gasteiger partial charge in [-0.05, 0) is 0 Å². The summed E-state index contributed by atoms with van der Waals surface area (Å²) in [6, 6.07) is 0. The van der Waals surface area contributed by atoms with Gasteiger partial charge >= 0.3 is 5.97 Å². The van der Waals surface area contributed by atoms with Crippen LogP contribution in [0.3, 0.4) is 0 Å². The summed E-state index contributed by atoms with van der Waals surface area (Å²) in [5.74, 6) is -0.693. The van der Waals surface area contributed by atoms with Gasteiger partial charge in [0.05, 0.1) is 0 Å². The summed E-state index contributed by atoms with van der Waals surface area (Å²) >= 11 is 16.9. The summed E-state index contributed by atoms with van der Waals surface area (Å²) < 4.78 is 3.24. The van der Waals surface area contributed by atoms with Crippen LogP contribution in [0.25, 0.3) is 0 Å². The Morgan fingerprint density at radius 2 is 2.00 bits per heavy atom. The molecule has 2 atom stereocenters. The molecule has 5 heteroatoms. The second-order valence-electron chi connectivity index (χ2n) is 2.67. The number of ether oxygens (including phenoxy) is 1. The van der Waals surface area contributed by atoms with E-state index in [2.05, 4.69) is 6.58 Å². The molecule has 0 aliphatic carbocycles. The molecule has 0 amide bonds. The van der Waals surface area contributed by atoms with Crippen molar-refractivity contribution in [3.63, 3.8) is 0 Å². The van der Waals surface area contributed by atoms with Gasteiger partial charge in [0.1, 0.15) is 0 Å². The molecule has 0 bridgehead atoms. The molecule has 2 nitrogen and oxygen atoms in total. The third kappa shape index (κ3) is 4.75. The topological polar surface area (TPSA) is 26.3 Å². The third-order valence-electron chi connectivity index (χ3n) is 1.46. The number of carbonyl (C=O) groups excluding carboxylic acids is 1. The summed E-state index contributed by atoms with van der Waals surface area (Å²) in [7, 11) is 0. The maximum atomic E-state index is 10.7. The lowest BCUT2D eigenvalue weighted by atomic mass is 10.1. The molecule has 0 N–H and O–H groups in total. The van der Waals surface area contributed by atoms with Crippen LogP contribution >= 0.6 is 34.8 Å². The largest absolute Gasteiger partial charge is 0.457 e. The standard InChI is InChI=1S/C8H11Cl3O2/c1-4-5(2)7(8(9,10)11)13-6(3)12/h4-5,7H,1H2,2-3H3. The van der Waals surface area contributed by atoms with Gasteiger partial charge in [0.2, 0.25) is 3.79 Å². The Balaban J connectivity index is 4.55. The zero-order chi connectivity index (χ0) is 10.6. The number of hydrogen-bond donors (Lipinski definition) is 0. The molecular formula is C8H11Cl3O2. The lowest BCUT2D eigenvalue weighted by molar-refractivity contribution is -0.147. The maximum absolute atomic E-state index is 10.7. The Morgan fingerprint density at radius 1 is 1.54 bits per heavy atom. The van der Waals surface area contributed by atoms with Crippen LogP contribution in [0.2, 0.25) is 0 Å². The summed E-state index contributed by atoms with van der Waals surface area (Å²) in [4.78, 5) is 10.7. The van der Waals surface area contributed by atoms with Crippen LogP contribution in [0, 0.1) is 5.92 Å². The Labute approximate surface area is 92.8 Å². The molecular weight excluding hydrogens is 234 g/mol. The van der Waals surface area contributed by atoms with E-state index >= 15 is 0 Å². The lowest BCUT2D eigenvalue weighted by Gasteiger charge is -2.27. The summed E-state index contributed by atoms with van der Waals surface area (Å²) in [5.41, 5.74) is 0. The minimum Gasteiger partial charge on any atom is -0.457 e. The fraction of sp³-hybridized carbons (Fsp3) is 0.625. The van der Waals surface area contributed by atoms with Crippen molar-refractivity contribution in [1.29, 1.82) is 0 Å². The first-order valence-corrected chi connectivity index (χ1v) is 4.79. The highest BCUT2D eigenvalue weighted by molar-refractivity contribution is 6.68. The first-order valence-electron chi connectivity index (χ1n) is 3.65. The number of carbonyl (C=O) groups is 1. The SMILES string of the molecule is C=CC(C)C(OC(C)=O)C(Cl)(Cl)Cl. The van der Waals surface area contributed by atoms with Crippen LogP contribution in [-0.2, 0) is 9.53 Å². The van der Waals surface area contributed by atoms with E-state index in [4.69, 9.17) is 39.5 Å². The molecule has 0 aromatic rings. The predicted octanol–water partition coefficient (Wildman–Crippen LogP) is 3.11. The average molecular weight is 246 g/mol. The van der Waals surface area contributed by atoms with Crippen molar-refractivity contribution in [2.75, 3.05) is 0 Å². The van der Waals surface area contributed by atoms with Crippen LogP contribution in [0.15, 0.2) is 12.7 Å². The Hall–Kier alpha value is 0.0800. The van der Waals surface area contributed by atoms with Gasteiger partial charge in [-0.1, -0.05) is 47.8 Å². The molecule has 0 rings (SSSR count). The molecule has 0 saturated carbocycles. The third-order valence-corrected chi connectivity index (χ3v) is 2.11. The molecule has 0 aromatic carbocycles. The van der Waals surface area contributed by atoms with Crippen molar-refractivity contribution >= 4 is 40.8 Å². The summed E-state index contributed by atoms with van der Waals surface area (Å²) in [5, 5.41) is 0. The highest BCUT2D eigenvalue weighted by Gasteiger charge is 2.38. The minimum absolute atomic E-state index is 0.212. The van der Waals surface area contributed by atoms with Gasteiger partial charge in [0.15, 0.2) is 6.10 Å². The van der Waals surface area contributed by atoms with E-state index in [1.165, 1.54) is 6.92 Å². The van der Waals surface area contributed by atoms with Crippen LogP contribution < -0.4 is 0 Å². The van der Waals surface area contributed by atoms with Gasteiger partial charge in [-0.15, -0.1) is 6.58 Å². The van der Waals surface area contributed by atoms with Crippen molar-refractivity contribution in [2.24, 2.45) is 5.92 Å². The monoisotopic (exact) mass is 244 g/mol. The fourth-order valence-corrected chi connectivity index (χ4v) is 1.50. The molecule has 0 radical (unpaired) electrons. The van der Waals surface area contributed by atoms with Gasteiger partial charge < -0.3 is 4.74 Å². The van der Waals surface area contributed by atoms with E-state index in [1.54, 1.807) is 13.0 Å². The molecule has 0 aliphatic rings. The molecule has 0 spiro atoms. The number of alkyl halides is 3. The zero-order valence-corrected chi connectivity index (χ0v) is 9.66. The fourth-order valence-electron chi connectivity index (χ4n) is 0.775. The predicted molar refractivity (Wildman–Crippen MR) is 55.2 cm³/mol. The van der Waals surface area contributed by atoms with Gasteiger partial charge in [-0.2, -0.15) is 0 Å². The Kier molecular flexibility index (Phi) is 5.11. The van der Waals surface area contributed by atoms with Crippen molar-refractivity contribution in [3.8, 4) is 0 Å². The molecule has 0 fully saturated rings. The molecule has 13 heavy (non-hydrogen) atoms. The van der Waals surface area contributed by atoms with Crippen LogP contribution in [-0.4, -0.2) is 15.9 Å². The van der Waals surface area contributed by atoms with Crippen molar-refractivity contribution in [2.45, 2.75) is 23.7 Å². The molecule has 76 valence electrons. The Bertz CT molecular complexity index is 198. The summed E-state index contributed by atoms with van der Waals surface area (Å²) in [6.45, 7) is 6.55. The van der Waals surface area contributed by atoms with Gasteiger partial charge in [0, 0.05) is 12.8 Å². The van der Waals surface area contributed by atoms with Gasteiger partial charge in [0.25, 0.3) is 0 Å². The van der Waals surface area contributed by atoms with Crippen molar-refractivity contribution in [3.05, 3.63) is 12.7 Å². The maximum Gasteiger partial charge on any atom is 0.303 e. The number of halogens is 3. The van der Waals surface area contributed by atoms with E-state index in [1.807, 2.05) is 0 Å². The smallest absolute Gasteiger partial charge is 0.303 e. The van der Waals surface area contributed by atoms with E-state index in [-0.39, 0.29) is 5.92 Å². The average Bonchev–Trinajstić information content (AvgIpc) is 1.96. The van der Waals surface area contributed by atoms with Crippen molar-refractivity contribution < 1.29 is 9.53 Å². The lowest BCUT2D eigenvalue weighted by Crippen LogP contribution is -2.35. The molecule has 2 unspecified atom stereocenters. The molecule has 0 aromatic heterocycles. The van der Waals surface area contributed by atoms with Gasteiger partial charge in [-0.3, -0.25) is 4.79 Å². The minimum atomic E-state index is -1.63. The van der Waals surface area contributed by atoms with Crippen LogP contribution in [0.4, 0.5) is 0 Å². The second kappa shape index (κ2) is 5.08. The first-order chi connectivity index (χ1) is 5.79. The Morgan fingerprint density at radius 3 is 2.23 bits per heavy atom. The number of hydrogen-bond acceptors (Lipinski definition) is 2. The van der Waals surface area contributed by atoms with E-state index in [9.17, 15) is 4.79 Å². The molecule has 0 saturated heterocycles. The van der Waals surface area contributed by atoms with E-state index < -0.39 is 15.9 Å². The van der Waals surface area contributed by atoms with Crippen LogP contribution in [0.5, 0.6) is 0 Å². The van der Waals surface area contributed by atoms with Crippen molar-refractivity contribution in [1.82, 2.24) is 0 Å². The first kappa shape index (κ1) is 13.1. The number of esters is 1. The highest BCUT2D eigenvalue weighted by Crippen LogP contribution is 2.36. The second-order valence-corrected chi connectivity index (χ2v) is 5.04.